The maximum Gasteiger partial charge on any atom is 0.270 e. The Morgan fingerprint density at radius 1 is 1.22 bits per heavy atom. The Balaban J connectivity index is 1.26. The van der Waals surface area contributed by atoms with Crippen molar-refractivity contribution in [1.29, 1.82) is 0 Å². The highest BCUT2D eigenvalue weighted by Gasteiger charge is 2.22. The van der Waals surface area contributed by atoms with Crippen LogP contribution in [0.3, 0.4) is 0 Å². The number of nitrogens with zero attached hydrogens (tertiary/aromatic N) is 1. The van der Waals surface area contributed by atoms with E-state index in [1.165, 1.54) is 16.7 Å². The highest BCUT2D eigenvalue weighted by Crippen LogP contribution is 2.23. The zero-order valence-electron chi connectivity index (χ0n) is 19.2. The summed E-state index contributed by atoms with van der Waals surface area (Å²) < 4.78 is 11.3. The molecule has 0 radical (unpaired) electrons. The smallest absolute Gasteiger partial charge is 0.270 e. The normalized spacial score (nSPS) is 20.2. The number of ether oxygens (including phenoxy) is 2. The molecule has 172 valence electrons. The van der Waals surface area contributed by atoms with Gasteiger partial charge >= 0.3 is 0 Å². The summed E-state index contributed by atoms with van der Waals surface area (Å²) in [7, 11) is 0. The molecule has 2 atom stereocenters. The van der Waals surface area contributed by atoms with Gasteiger partial charge in [-0.2, -0.15) is 0 Å². The number of aromatic nitrogens is 1. The fourth-order valence-electron chi connectivity index (χ4n) is 4.37. The minimum absolute atomic E-state index is 0.126. The molecule has 0 spiro atoms. The third kappa shape index (κ3) is 6.30. The zero-order valence-corrected chi connectivity index (χ0v) is 19.2. The van der Waals surface area contributed by atoms with E-state index < -0.39 is 0 Å². The Morgan fingerprint density at radius 2 is 2.12 bits per heavy atom. The van der Waals surface area contributed by atoms with Gasteiger partial charge in [-0.05, 0) is 73.4 Å². The fourth-order valence-corrected chi connectivity index (χ4v) is 4.37. The maximum atomic E-state index is 12.7. The van der Waals surface area contributed by atoms with Gasteiger partial charge in [0.05, 0.1) is 12.3 Å². The number of benzene rings is 1. The summed E-state index contributed by atoms with van der Waals surface area (Å²) in [6, 6.07) is 10.4. The van der Waals surface area contributed by atoms with Gasteiger partial charge in [0.2, 0.25) is 0 Å². The molecule has 2 N–H and O–H groups in total. The van der Waals surface area contributed by atoms with Gasteiger partial charge in [-0.25, -0.2) is 4.98 Å². The van der Waals surface area contributed by atoms with Crippen LogP contribution in [0.4, 0.5) is 0 Å². The van der Waals surface area contributed by atoms with E-state index >= 15 is 0 Å². The molecule has 1 aliphatic heterocycles. The average molecular weight is 438 g/mol. The lowest BCUT2D eigenvalue weighted by molar-refractivity contribution is 0.0678. The van der Waals surface area contributed by atoms with Crippen LogP contribution >= 0.6 is 0 Å². The van der Waals surface area contributed by atoms with Crippen LogP contribution < -0.4 is 15.4 Å². The Labute approximate surface area is 191 Å². The monoisotopic (exact) mass is 437 g/mol. The van der Waals surface area contributed by atoms with Crippen LogP contribution in [0.2, 0.25) is 0 Å². The summed E-state index contributed by atoms with van der Waals surface area (Å²) in [5, 5.41) is 6.67. The van der Waals surface area contributed by atoms with Crippen molar-refractivity contribution >= 4 is 5.91 Å². The van der Waals surface area contributed by atoms with Gasteiger partial charge in [0.1, 0.15) is 18.1 Å². The lowest BCUT2D eigenvalue weighted by atomic mass is 9.87. The number of hydrogen-bond acceptors (Lipinski definition) is 5. The first-order valence-electron chi connectivity index (χ1n) is 11.9. The molecule has 2 aliphatic rings. The Kier molecular flexibility index (Phi) is 7.76. The van der Waals surface area contributed by atoms with E-state index in [2.05, 4.69) is 47.7 Å². The predicted octanol–water partition coefficient (Wildman–Crippen LogP) is 3.67. The molecule has 1 aromatic heterocycles. The van der Waals surface area contributed by atoms with E-state index in [0.717, 1.165) is 51.8 Å². The third-order valence-electron chi connectivity index (χ3n) is 6.14. The number of carbonyl (C=O) groups excluding carboxylic acids is 1. The molecular weight excluding hydrogens is 402 g/mol. The Hall–Kier alpha value is -2.44. The highest BCUT2D eigenvalue weighted by atomic mass is 16.5. The Morgan fingerprint density at radius 3 is 2.88 bits per heavy atom. The zero-order chi connectivity index (χ0) is 22.3. The number of nitrogens with one attached hydrogen (secondary N) is 2. The molecule has 2 aromatic rings. The lowest BCUT2D eigenvalue weighted by Gasteiger charge is -2.26. The van der Waals surface area contributed by atoms with Gasteiger partial charge in [0, 0.05) is 19.2 Å². The van der Waals surface area contributed by atoms with E-state index in [1.54, 1.807) is 12.3 Å². The van der Waals surface area contributed by atoms with E-state index in [9.17, 15) is 4.79 Å². The maximum absolute atomic E-state index is 12.7. The summed E-state index contributed by atoms with van der Waals surface area (Å²) in [6.07, 6.45) is 6.71. The summed E-state index contributed by atoms with van der Waals surface area (Å²) in [5.74, 6) is 1.20. The summed E-state index contributed by atoms with van der Waals surface area (Å²) >= 11 is 0. The minimum Gasteiger partial charge on any atom is -0.489 e. The van der Waals surface area contributed by atoms with E-state index in [0.29, 0.717) is 24.0 Å². The van der Waals surface area contributed by atoms with Gasteiger partial charge in [-0.1, -0.05) is 32.0 Å². The van der Waals surface area contributed by atoms with Crippen molar-refractivity contribution in [2.75, 3.05) is 19.8 Å². The molecule has 0 saturated carbocycles. The average Bonchev–Trinajstić information content (AvgIpc) is 3.31. The molecule has 0 bridgehead atoms. The minimum atomic E-state index is -0.126. The van der Waals surface area contributed by atoms with Crippen LogP contribution in [0.15, 0.2) is 36.5 Å². The molecule has 1 saturated heterocycles. The molecule has 6 nitrogen and oxygen atoms in total. The number of aryl methyl sites for hydroxylation is 1. The molecule has 0 unspecified atom stereocenters. The number of fused-ring (bicyclic) bond motifs is 1. The van der Waals surface area contributed by atoms with E-state index in [-0.39, 0.29) is 18.1 Å². The number of rotatable bonds is 9. The number of carbonyl (C=O) groups is 1. The molecule has 1 aromatic carbocycles. The number of amides is 1. The molecule has 4 rings (SSSR count). The van der Waals surface area contributed by atoms with Crippen LogP contribution in [0.1, 0.15) is 60.3 Å². The predicted molar refractivity (Wildman–Crippen MR) is 125 cm³/mol. The fraction of sp³-hybridized carbons (Fsp3) is 0.538. The quantitative estimate of drug-likeness (QED) is 0.626. The van der Waals surface area contributed by atoms with Crippen molar-refractivity contribution in [1.82, 2.24) is 15.6 Å². The van der Waals surface area contributed by atoms with Crippen molar-refractivity contribution in [2.24, 2.45) is 5.92 Å². The second-order valence-electron chi connectivity index (χ2n) is 9.37. The van der Waals surface area contributed by atoms with Crippen molar-refractivity contribution < 1.29 is 14.3 Å². The van der Waals surface area contributed by atoms with Crippen LogP contribution in [-0.4, -0.2) is 42.8 Å². The third-order valence-corrected chi connectivity index (χ3v) is 6.14. The molecule has 32 heavy (non-hydrogen) atoms. The van der Waals surface area contributed by atoms with E-state index in [4.69, 9.17) is 9.47 Å². The molecule has 1 aliphatic carbocycles. The van der Waals surface area contributed by atoms with Crippen molar-refractivity contribution in [2.45, 2.75) is 64.6 Å². The number of pyridine rings is 1. The highest BCUT2D eigenvalue weighted by molar-refractivity contribution is 5.92. The molecule has 6 heteroatoms. The lowest BCUT2D eigenvalue weighted by Crippen LogP contribution is -2.39. The largest absolute Gasteiger partial charge is 0.489 e. The van der Waals surface area contributed by atoms with Crippen LogP contribution in [-0.2, 0) is 24.1 Å². The van der Waals surface area contributed by atoms with Gasteiger partial charge in [-0.3, -0.25) is 4.79 Å². The number of hydrogen-bond donors (Lipinski definition) is 2. The van der Waals surface area contributed by atoms with Crippen LogP contribution in [0.5, 0.6) is 5.75 Å². The summed E-state index contributed by atoms with van der Waals surface area (Å²) in [5.41, 5.74) is 4.50. The van der Waals surface area contributed by atoms with Crippen molar-refractivity contribution in [3.05, 3.63) is 58.9 Å². The first-order valence-corrected chi connectivity index (χ1v) is 11.9. The molecule has 1 fully saturated rings. The van der Waals surface area contributed by atoms with Crippen LogP contribution in [0.25, 0.3) is 0 Å². The SMILES string of the molecule is CC(C)CNCc1ccc2c(c1)CC[C@H](NC(=O)c1ccc(OC[C@@H]3CCCO3)cn1)C2. The summed E-state index contributed by atoms with van der Waals surface area (Å²) in [4.78, 5) is 17.0. The van der Waals surface area contributed by atoms with Gasteiger partial charge in [-0.15, -0.1) is 0 Å². The first kappa shape index (κ1) is 22.7. The topological polar surface area (TPSA) is 72.5 Å². The Bertz CT molecular complexity index is 892. The van der Waals surface area contributed by atoms with Crippen molar-refractivity contribution in [3.63, 3.8) is 0 Å². The van der Waals surface area contributed by atoms with Gasteiger partial charge < -0.3 is 20.1 Å². The standard InChI is InChI=1S/C26H35N3O3/c1-18(2)14-27-15-19-5-6-21-13-22(8-7-20(21)12-19)29-26(30)25-10-9-23(16-28-25)32-17-24-4-3-11-31-24/h5-6,9-10,12,16,18,22,24,27H,3-4,7-8,11,13-15,17H2,1-2H3,(H,29,30)/t22-,24-/m0/s1. The van der Waals surface area contributed by atoms with Crippen molar-refractivity contribution in [3.8, 4) is 5.75 Å². The molecule has 1 amide bonds. The molecule has 2 heterocycles. The molecular formula is C26H35N3O3. The van der Waals surface area contributed by atoms with Gasteiger partial charge in [0.25, 0.3) is 5.91 Å². The van der Waals surface area contributed by atoms with Gasteiger partial charge in [0.15, 0.2) is 0 Å². The van der Waals surface area contributed by atoms with Crippen LogP contribution in [0, 0.1) is 5.92 Å². The first-order chi connectivity index (χ1) is 15.6. The second kappa shape index (κ2) is 10.9. The summed E-state index contributed by atoms with van der Waals surface area (Å²) in [6.45, 7) is 7.72. The second-order valence-corrected chi connectivity index (χ2v) is 9.37. The van der Waals surface area contributed by atoms with E-state index in [1.807, 2.05) is 6.07 Å².